The summed E-state index contributed by atoms with van der Waals surface area (Å²) in [6.45, 7) is 5.06. The first-order valence-corrected chi connectivity index (χ1v) is 9.53. The molecule has 0 spiro atoms. The summed E-state index contributed by atoms with van der Waals surface area (Å²) in [7, 11) is 0. The highest BCUT2D eigenvalue weighted by Crippen LogP contribution is 2.39. The number of hydrogen-bond donors (Lipinski definition) is 1. The summed E-state index contributed by atoms with van der Waals surface area (Å²) in [6, 6.07) is 11.9. The molecule has 1 aromatic heterocycles. The maximum absolute atomic E-state index is 12.0. The van der Waals surface area contributed by atoms with Crippen LogP contribution < -0.4 is 5.32 Å². The third-order valence-corrected chi connectivity index (χ3v) is 5.10. The molecule has 1 atom stereocenters. The molecule has 1 N–H and O–H groups in total. The molecule has 1 aliphatic carbocycles. The van der Waals surface area contributed by atoms with Crippen LogP contribution in [-0.4, -0.2) is 33.8 Å². The van der Waals surface area contributed by atoms with E-state index in [4.69, 9.17) is 4.74 Å². The summed E-state index contributed by atoms with van der Waals surface area (Å²) in [6.07, 6.45) is 4.76. The Hall–Kier alpha value is -3.40. The van der Waals surface area contributed by atoms with Gasteiger partial charge in [-0.25, -0.2) is 9.48 Å². The first-order chi connectivity index (χ1) is 13.8. The van der Waals surface area contributed by atoms with Crippen molar-refractivity contribution in [3.05, 3.63) is 53.4 Å². The molecule has 7 nitrogen and oxygen atoms in total. The van der Waals surface area contributed by atoms with Crippen molar-refractivity contribution >= 4 is 18.0 Å². The van der Waals surface area contributed by atoms with Crippen molar-refractivity contribution in [1.29, 1.82) is 5.26 Å². The number of aryl methyl sites for hydroxylation is 1. The number of ether oxygens (including phenoxy) is 1. The topological polar surface area (TPSA) is 97.0 Å². The number of para-hydroxylation sites is 1. The van der Waals surface area contributed by atoms with Gasteiger partial charge in [0, 0.05) is 17.3 Å². The summed E-state index contributed by atoms with van der Waals surface area (Å²) < 4.78 is 6.83. The number of carbonyl (C=O) groups is 2. The Morgan fingerprint density at radius 1 is 1.34 bits per heavy atom. The van der Waals surface area contributed by atoms with Crippen LogP contribution in [0.15, 0.2) is 36.4 Å². The van der Waals surface area contributed by atoms with Crippen LogP contribution >= 0.6 is 0 Å². The highest BCUT2D eigenvalue weighted by atomic mass is 16.5. The highest BCUT2D eigenvalue weighted by Gasteiger charge is 2.43. The van der Waals surface area contributed by atoms with Crippen LogP contribution in [0.1, 0.15) is 36.7 Å². The van der Waals surface area contributed by atoms with Gasteiger partial charge < -0.3 is 10.1 Å². The Bertz CT molecular complexity index is 983. The SMILES string of the molecule is Cc1nn(-c2ccccc2)c(C)c1/C=C/C(=O)OCC(=O)N[C@](C)(C#N)C1CC1. The van der Waals surface area contributed by atoms with Crippen molar-refractivity contribution in [2.24, 2.45) is 5.92 Å². The molecule has 1 aromatic carbocycles. The molecule has 0 saturated heterocycles. The zero-order chi connectivity index (χ0) is 21.0. The Kier molecular flexibility index (Phi) is 5.83. The maximum Gasteiger partial charge on any atom is 0.331 e. The molecule has 1 heterocycles. The number of aromatic nitrogens is 2. The summed E-state index contributed by atoms with van der Waals surface area (Å²) in [5, 5.41) is 16.5. The van der Waals surface area contributed by atoms with Gasteiger partial charge in [0.2, 0.25) is 0 Å². The third-order valence-electron chi connectivity index (χ3n) is 5.10. The van der Waals surface area contributed by atoms with Gasteiger partial charge in [0.25, 0.3) is 5.91 Å². The molecule has 3 rings (SSSR count). The van der Waals surface area contributed by atoms with E-state index in [0.29, 0.717) is 0 Å². The molecule has 0 aliphatic heterocycles. The van der Waals surface area contributed by atoms with E-state index in [-0.39, 0.29) is 5.92 Å². The van der Waals surface area contributed by atoms with E-state index in [1.807, 2.05) is 48.9 Å². The molecule has 1 amide bonds. The molecule has 150 valence electrons. The van der Waals surface area contributed by atoms with Crippen molar-refractivity contribution in [2.45, 2.75) is 39.2 Å². The van der Waals surface area contributed by atoms with Crippen molar-refractivity contribution in [3.8, 4) is 11.8 Å². The fraction of sp³-hybridized carbons (Fsp3) is 0.364. The number of hydrogen-bond acceptors (Lipinski definition) is 5. The molecule has 2 aromatic rings. The second-order valence-corrected chi connectivity index (χ2v) is 7.41. The molecule has 1 saturated carbocycles. The maximum atomic E-state index is 12.0. The van der Waals surface area contributed by atoms with Crippen LogP contribution in [-0.2, 0) is 14.3 Å². The Labute approximate surface area is 170 Å². The number of carbonyl (C=O) groups excluding carboxylic acids is 2. The van der Waals surface area contributed by atoms with Gasteiger partial charge in [-0.1, -0.05) is 18.2 Å². The Morgan fingerprint density at radius 2 is 2.03 bits per heavy atom. The lowest BCUT2D eigenvalue weighted by Gasteiger charge is -2.22. The van der Waals surface area contributed by atoms with E-state index < -0.39 is 24.0 Å². The van der Waals surface area contributed by atoms with Crippen molar-refractivity contribution in [3.63, 3.8) is 0 Å². The minimum absolute atomic E-state index is 0.166. The predicted octanol–water partition coefficient (Wildman–Crippen LogP) is 2.85. The lowest BCUT2D eigenvalue weighted by Crippen LogP contribution is -2.48. The quantitative estimate of drug-likeness (QED) is 0.577. The van der Waals surface area contributed by atoms with E-state index >= 15 is 0 Å². The fourth-order valence-corrected chi connectivity index (χ4v) is 3.26. The van der Waals surface area contributed by atoms with Crippen LogP contribution in [0.4, 0.5) is 0 Å². The minimum Gasteiger partial charge on any atom is -0.452 e. The number of nitrogens with one attached hydrogen (secondary N) is 1. The standard InChI is InChI=1S/C22H24N4O3/c1-15-19(16(2)26(25-15)18-7-5-4-6-8-18)11-12-21(28)29-13-20(27)24-22(3,14-23)17-9-10-17/h4-8,11-12,17H,9-10,13H2,1-3H3,(H,24,27)/b12-11+/t22-/m1/s1. The summed E-state index contributed by atoms with van der Waals surface area (Å²) in [4.78, 5) is 24.0. The highest BCUT2D eigenvalue weighted by molar-refractivity contribution is 5.89. The number of benzene rings is 1. The van der Waals surface area contributed by atoms with Crippen LogP contribution in [0.3, 0.4) is 0 Å². The minimum atomic E-state index is -0.903. The first-order valence-electron chi connectivity index (χ1n) is 9.53. The number of nitrogens with zero attached hydrogens (tertiary/aromatic N) is 3. The van der Waals surface area contributed by atoms with Crippen LogP contribution in [0.25, 0.3) is 11.8 Å². The van der Waals surface area contributed by atoms with Crippen LogP contribution in [0.5, 0.6) is 0 Å². The van der Waals surface area contributed by atoms with E-state index in [9.17, 15) is 14.9 Å². The summed E-state index contributed by atoms with van der Waals surface area (Å²) in [5.74, 6) is -0.942. The van der Waals surface area contributed by atoms with Gasteiger partial charge in [0.15, 0.2) is 6.61 Å². The van der Waals surface area contributed by atoms with E-state index in [1.54, 1.807) is 13.0 Å². The molecule has 1 aliphatic rings. The Balaban J connectivity index is 1.59. The van der Waals surface area contributed by atoms with Gasteiger partial charge in [0.05, 0.1) is 17.5 Å². The largest absolute Gasteiger partial charge is 0.452 e. The lowest BCUT2D eigenvalue weighted by molar-refractivity contribution is -0.144. The zero-order valence-electron chi connectivity index (χ0n) is 16.8. The van der Waals surface area contributed by atoms with Gasteiger partial charge in [-0.3, -0.25) is 4.79 Å². The second-order valence-electron chi connectivity index (χ2n) is 7.41. The van der Waals surface area contributed by atoms with E-state index in [1.165, 1.54) is 6.08 Å². The van der Waals surface area contributed by atoms with Crippen molar-refractivity contribution < 1.29 is 14.3 Å². The molecule has 1 fully saturated rings. The molecule has 0 unspecified atom stereocenters. The first kappa shape index (κ1) is 20.3. The molecule has 29 heavy (non-hydrogen) atoms. The fourth-order valence-electron chi connectivity index (χ4n) is 3.26. The van der Waals surface area contributed by atoms with Gasteiger partial charge in [0.1, 0.15) is 5.54 Å². The lowest BCUT2D eigenvalue weighted by atomic mass is 9.98. The predicted molar refractivity (Wildman–Crippen MR) is 108 cm³/mol. The molecular formula is C22H24N4O3. The molecule has 0 bridgehead atoms. The van der Waals surface area contributed by atoms with Crippen molar-refractivity contribution in [2.75, 3.05) is 6.61 Å². The van der Waals surface area contributed by atoms with Gasteiger partial charge in [-0.15, -0.1) is 0 Å². The summed E-state index contributed by atoms with van der Waals surface area (Å²) in [5.41, 5.74) is 2.52. The molecular weight excluding hydrogens is 368 g/mol. The molecule has 7 heteroatoms. The number of esters is 1. The number of rotatable bonds is 7. The Morgan fingerprint density at radius 3 is 2.66 bits per heavy atom. The van der Waals surface area contributed by atoms with E-state index in [2.05, 4.69) is 16.5 Å². The normalized spacial score (nSPS) is 15.5. The monoisotopic (exact) mass is 392 g/mol. The average Bonchev–Trinajstić information content (AvgIpc) is 3.53. The smallest absolute Gasteiger partial charge is 0.331 e. The second kappa shape index (κ2) is 8.31. The van der Waals surface area contributed by atoms with Crippen LogP contribution in [0.2, 0.25) is 0 Å². The van der Waals surface area contributed by atoms with Crippen molar-refractivity contribution in [1.82, 2.24) is 15.1 Å². The average molecular weight is 392 g/mol. The van der Waals surface area contributed by atoms with Gasteiger partial charge >= 0.3 is 5.97 Å². The van der Waals surface area contributed by atoms with Crippen LogP contribution in [0, 0.1) is 31.1 Å². The van der Waals surface area contributed by atoms with Gasteiger partial charge in [-0.2, -0.15) is 10.4 Å². The summed E-state index contributed by atoms with van der Waals surface area (Å²) >= 11 is 0. The van der Waals surface area contributed by atoms with E-state index in [0.717, 1.165) is 35.5 Å². The number of nitriles is 1. The number of amides is 1. The molecule has 0 radical (unpaired) electrons. The third kappa shape index (κ3) is 4.72. The van der Waals surface area contributed by atoms with Gasteiger partial charge in [-0.05, 0) is 57.7 Å². The zero-order valence-corrected chi connectivity index (χ0v) is 16.8.